The topological polar surface area (TPSA) is 86.6 Å². The molecule has 0 unspecified atom stereocenters. The van der Waals surface area contributed by atoms with Crippen molar-refractivity contribution in [2.45, 2.75) is 12.2 Å². The van der Waals surface area contributed by atoms with Crippen LogP contribution in [0.1, 0.15) is 10.4 Å². The van der Waals surface area contributed by atoms with E-state index in [0.29, 0.717) is 16.6 Å². The Kier molecular flexibility index (Phi) is 2.88. The average Bonchev–Trinajstić information content (AvgIpc) is 2.77. The summed E-state index contributed by atoms with van der Waals surface area (Å²) in [6, 6.07) is 5.20. The molecule has 1 aromatic carbocycles. The molecule has 0 radical (unpaired) electrons. The zero-order valence-corrected chi connectivity index (χ0v) is 10.1. The molecule has 1 aromatic heterocycles. The first-order valence-corrected chi connectivity index (χ1v) is 6.02. The fourth-order valence-corrected chi connectivity index (χ4v) is 2.27. The van der Waals surface area contributed by atoms with Gasteiger partial charge >= 0.3 is 0 Å². The lowest BCUT2D eigenvalue weighted by Gasteiger charge is -2.15. The molecule has 0 aliphatic carbocycles. The molecular weight excluding hydrogens is 246 g/mol. The molecule has 98 valence electrons. The van der Waals surface area contributed by atoms with Crippen LogP contribution in [0, 0.1) is 0 Å². The van der Waals surface area contributed by atoms with Crippen LogP contribution in [0.25, 0.3) is 11.0 Å². The molecule has 2 N–H and O–H groups in total. The van der Waals surface area contributed by atoms with Gasteiger partial charge in [-0.1, -0.05) is 6.07 Å². The Morgan fingerprint density at radius 3 is 2.58 bits per heavy atom. The second-order valence-electron chi connectivity index (χ2n) is 4.57. The number of likely N-dealkylation sites (tertiary alicyclic amines) is 1. The van der Waals surface area contributed by atoms with Crippen LogP contribution < -0.4 is 0 Å². The molecule has 1 aliphatic rings. The van der Waals surface area contributed by atoms with Gasteiger partial charge in [-0.25, -0.2) is 0 Å². The van der Waals surface area contributed by atoms with Gasteiger partial charge in [-0.2, -0.15) is 0 Å². The van der Waals surface area contributed by atoms with E-state index in [-0.39, 0.29) is 19.0 Å². The lowest BCUT2D eigenvalue weighted by molar-refractivity contribution is 0.0572. The number of aromatic nitrogens is 2. The maximum Gasteiger partial charge on any atom is 0.256 e. The number of fused-ring (bicyclic) bond motifs is 1. The van der Waals surface area contributed by atoms with Crippen LogP contribution in [0.3, 0.4) is 0 Å². The van der Waals surface area contributed by atoms with Crippen LogP contribution in [0.5, 0.6) is 0 Å². The molecule has 2 heterocycles. The van der Waals surface area contributed by atoms with Gasteiger partial charge in [0.25, 0.3) is 5.91 Å². The Morgan fingerprint density at radius 2 is 1.84 bits per heavy atom. The molecule has 1 fully saturated rings. The number of carbonyl (C=O) groups is 1. The molecule has 1 amide bonds. The monoisotopic (exact) mass is 259 g/mol. The van der Waals surface area contributed by atoms with Gasteiger partial charge in [-0.15, -0.1) is 0 Å². The van der Waals surface area contributed by atoms with Crippen molar-refractivity contribution in [1.82, 2.24) is 14.9 Å². The minimum atomic E-state index is -0.884. The largest absolute Gasteiger partial charge is 0.388 e. The Hall–Kier alpha value is -2.05. The molecular formula is C13H13N3O3. The Morgan fingerprint density at radius 1 is 1.16 bits per heavy atom. The number of carbonyl (C=O) groups excluding carboxylic acids is 1. The Bertz CT molecular complexity index is 616. The second-order valence-corrected chi connectivity index (χ2v) is 4.57. The first kappa shape index (κ1) is 12.0. The third kappa shape index (κ3) is 2.05. The van der Waals surface area contributed by atoms with E-state index in [0.717, 1.165) is 0 Å². The molecule has 3 rings (SSSR count). The highest BCUT2D eigenvalue weighted by atomic mass is 16.3. The number of hydrogen-bond donors (Lipinski definition) is 2. The Balaban J connectivity index is 1.98. The van der Waals surface area contributed by atoms with E-state index in [9.17, 15) is 15.0 Å². The van der Waals surface area contributed by atoms with Gasteiger partial charge in [0.2, 0.25) is 0 Å². The zero-order chi connectivity index (χ0) is 13.4. The van der Waals surface area contributed by atoms with Crippen LogP contribution in [-0.4, -0.2) is 56.3 Å². The summed E-state index contributed by atoms with van der Waals surface area (Å²) in [4.78, 5) is 22.1. The van der Waals surface area contributed by atoms with Gasteiger partial charge in [0, 0.05) is 25.5 Å². The molecule has 1 saturated heterocycles. The number of amides is 1. The average molecular weight is 259 g/mol. The van der Waals surface area contributed by atoms with Crippen LogP contribution in [0.2, 0.25) is 0 Å². The third-order valence-electron chi connectivity index (χ3n) is 3.28. The number of hydrogen-bond acceptors (Lipinski definition) is 5. The van der Waals surface area contributed by atoms with Crippen LogP contribution >= 0.6 is 0 Å². The fraction of sp³-hybridized carbons (Fsp3) is 0.308. The lowest BCUT2D eigenvalue weighted by atomic mass is 10.1. The van der Waals surface area contributed by atoms with Gasteiger partial charge in [0.15, 0.2) is 0 Å². The summed E-state index contributed by atoms with van der Waals surface area (Å²) in [5.74, 6) is -0.248. The minimum absolute atomic E-state index is 0.136. The summed E-state index contributed by atoms with van der Waals surface area (Å²) in [6.07, 6.45) is 1.34. The van der Waals surface area contributed by atoms with Gasteiger partial charge in [0.05, 0.1) is 23.3 Å². The van der Waals surface area contributed by atoms with Crippen LogP contribution in [0.4, 0.5) is 0 Å². The van der Waals surface area contributed by atoms with Crippen molar-refractivity contribution >= 4 is 16.9 Å². The third-order valence-corrected chi connectivity index (χ3v) is 3.28. The minimum Gasteiger partial charge on any atom is -0.388 e. The molecule has 6 heteroatoms. The van der Waals surface area contributed by atoms with E-state index >= 15 is 0 Å². The molecule has 19 heavy (non-hydrogen) atoms. The van der Waals surface area contributed by atoms with Crippen molar-refractivity contribution < 1.29 is 15.0 Å². The molecule has 0 spiro atoms. The second kappa shape index (κ2) is 4.56. The first-order chi connectivity index (χ1) is 9.16. The zero-order valence-electron chi connectivity index (χ0n) is 10.1. The molecule has 0 bridgehead atoms. The lowest BCUT2D eigenvalue weighted by Crippen LogP contribution is -2.30. The first-order valence-electron chi connectivity index (χ1n) is 6.02. The molecule has 2 atom stereocenters. The normalized spacial score (nSPS) is 22.9. The maximum atomic E-state index is 12.4. The van der Waals surface area contributed by atoms with Gasteiger partial charge in [-0.05, 0) is 12.1 Å². The number of β-amino-alcohol motifs (C(OH)–C–C–N with tert-alkyl or cyclic N) is 2. The highest BCUT2D eigenvalue weighted by Crippen LogP contribution is 2.19. The summed E-state index contributed by atoms with van der Waals surface area (Å²) in [5, 5.41) is 19.0. The van der Waals surface area contributed by atoms with E-state index < -0.39 is 12.2 Å². The van der Waals surface area contributed by atoms with E-state index in [2.05, 4.69) is 9.97 Å². The summed E-state index contributed by atoms with van der Waals surface area (Å²) in [6.45, 7) is 0.271. The summed E-state index contributed by atoms with van der Waals surface area (Å²) in [5.41, 5.74) is 1.62. The maximum absolute atomic E-state index is 12.4. The number of benzene rings is 1. The Labute approximate surface area is 109 Å². The standard InChI is InChI=1S/C13H13N3O3/c17-10-6-16(7-11(10)18)13(19)8-2-1-3-9-12(8)15-5-4-14-9/h1-5,10-11,17-18H,6-7H2/t10-,11+. The summed E-state index contributed by atoms with van der Waals surface area (Å²) >= 11 is 0. The van der Waals surface area contributed by atoms with Crippen molar-refractivity contribution in [3.8, 4) is 0 Å². The highest BCUT2D eigenvalue weighted by molar-refractivity contribution is 6.04. The smallest absolute Gasteiger partial charge is 0.256 e. The fourth-order valence-electron chi connectivity index (χ4n) is 2.27. The quantitative estimate of drug-likeness (QED) is 0.741. The number of para-hydroxylation sites is 1. The molecule has 0 saturated carbocycles. The van der Waals surface area contributed by atoms with Crippen LogP contribution in [0.15, 0.2) is 30.6 Å². The van der Waals surface area contributed by atoms with Crippen molar-refractivity contribution in [1.29, 1.82) is 0 Å². The van der Waals surface area contributed by atoms with Gasteiger partial charge in [-0.3, -0.25) is 14.8 Å². The van der Waals surface area contributed by atoms with Crippen LogP contribution in [-0.2, 0) is 0 Å². The van der Waals surface area contributed by atoms with Crippen molar-refractivity contribution in [2.24, 2.45) is 0 Å². The van der Waals surface area contributed by atoms with Crippen molar-refractivity contribution in [3.05, 3.63) is 36.2 Å². The van der Waals surface area contributed by atoms with E-state index in [4.69, 9.17) is 0 Å². The number of nitrogens with zero attached hydrogens (tertiary/aromatic N) is 3. The SMILES string of the molecule is O=C(c1cccc2nccnc12)N1C[C@@H](O)[C@@H](O)C1. The molecule has 1 aliphatic heterocycles. The van der Waals surface area contributed by atoms with E-state index in [1.54, 1.807) is 24.4 Å². The predicted molar refractivity (Wildman–Crippen MR) is 67.5 cm³/mol. The number of aliphatic hydroxyl groups excluding tert-OH is 2. The predicted octanol–water partition coefficient (Wildman–Crippen LogP) is -0.193. The van der Waals surface area contributed by atoms with E-state index in [1.165, 1.54) is 11.1 Å². The molecule has 2 aromatic rings. The number of aliphatic hydroxyl groups is 2. The summed E-state index contributed by atoms with van der Waals surface area (Å²) < 4.78 is 0. The van der Waals surface area contributed by atoms with Crippen molar-refractivity contribution in [3.63, 3.8) is 0 Å². The number of rotatable bonds is 1. The van der Waals surface area contributed by atoms with Gasteiger partial charge in [0.1, 0.15) is 5.52 Å². The highest BCUT2D eigenvalue weighted by Gasteiger charge is 2.33. The van der Waals surface area contributed by atoms with Gasteiger partial charge < -0.3 is 15.1 Å². The molecule has 6 nitrogen and oxygen atoms in total. The summed E-state index contributed by atoms with van der Waals surface area (Å²) in [7, 11) is 0. The van der Waals surface area contributed by atoms with E-state index in [1.807, 2.05) is 0 Å². The van der Waals surface area contributed by atoms with Crippen molar-refractivity contribution in [2.75, 3.05) is 13.1 Å².